The Kier molecular flexibility index (Phi) is 5.56. The van der Waals surface area contributed by atoms with Crippen LogP contribution in [0, 0.1) is 12.7 Å². The summed E-state index contributed by atoms with van der Waals surface area (Å²) in [6.07, 6.45) is 0. The lowest BCUT2D eigenvalue weighted by Crippen LogP contribution is -2.29. The number of thiophene rings is 1. The molecule has 0 spiro atoms. The first kappa shape index (κ1) is 21.1. The normalized spacial score (nSPS) is 17.9. The molecule has 0 radical (unpaired) electrons. The second kappa shape index (κ2) is 8.17. The summed E-state index contributed by atoms with van der Waals surface area (Å²) >= 11 is 7.48. The van der Waals surface area contributed by atoms with E-state index in [-0.39, 0.29) is 16.9 Å². The Bertz CT molecular complexity index is 1240. The molecule has 2 aromatic carbocycles. The Morgan fingerprint density at radius 3 is 2.61 bits per heavy atom. The monoisotopic (exact) mass is 457 g/mol. The van der Waals surface area contributed by atoms with Gasteiger partial charge in [0.05, 0.1) is 18.2 Å². The van der Waals surface area contributed by atoms with Crippen molar-refractivity contribution in [3.63, 3.8) is 0 Å². The molecule has 1 aromatic heterocycles. The van der Waals surface area contributed by atoms with E-state index in [4.69, 9.17) is 16.3 Å². The summed E-state index contributed by atoms with van der Waals surface area (Å²) in [4.78, 5) is 28.2. The number of carbonyl (C=O) groups excluding carboxylic acids is 2. The quantitative estimate of drug-likeness (QED) is 0.320. The Labute approximate surface area is 187 Å². The number of halogens is 2. The van der Waals surface area contributed by atoms with Crippen LogP contribution in [0.4, 0.5) is 10.1 Å². The molecule has 5 nitrogen and oxygen atoms in total. The molecule has 0 bridgehead atoms. The van der Waals surface area contributed by atoms with Gasteiger partial charge in [-0.1, -0.05) is 17.7 Å². The van der Waals surface area contributed by atoms with Crippen molar-refractivity contribution in [1.82, 2.24) is 0 Å². The fraction of sp³-hybridized carbons (Fsp3) is 0.130. The minimum absolute atomic E-state index is 0.00852. The fourth-order valence-electron chi connectivity index (χ4n) is 3.65. The molecule has 1 saturated heterocycles. The Hall–Kier alpha value is -3.16. The molecule has 1 fully saturated rings. The molecule has 1 amide bonds. The lowest BCUT2D eigenvalue weighted by Gasteiger charge is -2.25. The van der Waals surface area contributed by atoms with E-state index in [1.807, 2.05) is 18.4 Å². The highest BCUT2D eigenvalue weighted by atomic mass is 35.5. The number of aliphatic hydroxyl groups is 1. The van der Waals surface area contributed by atoms with E-state index in [9.17, 15) is 19.1 Å². The third-order valence-corrected chi connectivity index (χ3v) is 6.40. The highest BCUT2D eigenvalue weighted by Crippen LogP contribution is 2.45. The van der Waals surface area contributed by atoms with Crippen LogP contribution < -0.4 is 9.64 Å². The number of aliphatic hydroxyl groups excluding tert-OH is 1. The summed E-state index contributed by atoms with van der Waals surface area (Å²) in [6.45, 7) is 1.85. The van der Waals surface area contributed by atoms with Gasteiger partial charge in [0.1, 0.15) is 23.4 Å². The zero-order valence-electron chi connectivity index (χ0n) is 16.6. The second-order valence-electron chi connectivity index (χ2n) is 6.96. The van der Waals surface area contributed by atoms with Gasteiger partial charge < -0.3 is 9.84 Å². The molecule has 158 valence electrons. The first-order chi connectivity index (χ1) is 14.8. The highest BCUT2D eigenvalue weighted by molar-refractivity contribution is 7.10. The predicted octanol–water partition coefficient (Wildman–Crippen LogP) is 5.48. The summed E-state index contributed by atoms with van der Waals surface area (Å²) in [5.41, 5.74) is 1.11. The predicted molar refractivity (Wildman–Crippen MR) is 118 cm³/mol. The molecule has 8 heteroatoms. The zero-order valence-corrected chi connectivity index (χ0v) is 18.1. The van der Waals surface area contributed by atoms with Gasteiger partial charge in [-0.15, -0.1) is 11.3 Å². The maximum Gasteiger partial charge on any atom is 0.300 e. The van der Waals surface area contributed by atoms with Crippen LogP contribution in [-0.4, -0.2) is 23.9 Å². The van der Waals surface area contributed by atoms with Crippen molar-refractivity contribution in [2.75, 3.05) is 12.0 Å². The average molecular weight is 458 g/mol. The number of amides is 1. The van der Waals surface area contributed by atoms with Crippen LogP contribution in [0.25, 0.3) is 5.76 Å². The Morgan fingerprint density at radius 1 is 1.19 bits per heavy atom. The number of hydrogen-bond acceptors (Lipinski definition) is 5. The maximum absolute atomic E-state index is 14.0. The number of ether oxygens (including phenoxy) is 1. The number of anilines is 1. The van der Waals surface area contributed by atoms with Gasteiger partial charge >= 0.3 is 0 Å². The molecule has 4 rings (SSSR count). The van der Waals surface area contributed by atoms with Gasteiger partial charge in [-0.2, -0.15) is 0 Å². The van der Waals surface area contributed by atoms with Crippen LogP contribution in [0.15, 0.2) is 59.5 Å². The fourth-order valence-corrected chi connectivity index (χ4v) is 4.86. The molecule has 1 atom stereocenters. The van der Waals surface area contributed by atoms with E-state index in [0.717, 1.165) is 11.6 Å². The smallest absolute Gasteiger partial charge is 0.300 e. The lowest BCUT2D eigenvalue weighted by atomic mass is 9.97. The number of ketones is 1. The van der Waals surface area contributed by atoms with E-state index >= 15 is 0 Å². The molecule has 1 N–H and O–H groups in total. The lowest BCUT2D eigenvalue weighted by molar-refractivity contribution is -0.132. The number of carbonyl (C=O) groups is 2. The molecule has 2 heterocycles. The van der Waals surface area contributed by atoms with Gasteiger partial charge in [0.2, 0.25) is 0 Å². The number of Topliss-reactive ketones (excluding diaryl/α,β-unsaturated/α-hetero) is 1. The van der Waals surface area contributed by atoms with Gasteiger partial charge in [0.25, 0.3) is 11.7 Å². The summed E-state index contributed by atoms with van der Waals surface area (Å²) in [7, 11) is 1.37. The van der Waals surface area contributed by atoms with Gasteiger partial charge in [0, 0.05) is 15.6 Å². The first-order valence-corrected chi connectivity index (χ1v) is 10.5. The molecule has 0 aliphatic carbocycles. The minimum atomic E-state index is -0.897. The molecule has 31 heavy (non-hydrogen) atoms. The third-order valence-electron chi connectivity index (χ3n) is 5.10. The van der Waals surface area contributed by atoms with Gasteiger partial charge in [0.15, 0.2) is 0 Å². The Morgan fingerprint density at radius 2 is 1.97 bits per heavy atom. The number of methoxy groups -OCH3 is 1. The van der Waals surface area contributed by atoms with Crippen LogP contribution in [0.5, 0.6) is 5.75 Å². The van der Waals surface area contributed by atoms with Crippen molar-refractivity contribution >= 4 is 46.1 Å². The molecule has 1 aliphatic heterocycles. The van der Waals surface area contributed by atoms with Gasteiger partial charge in [-0.3, -0.25) is 14.5 Å². The summed E-state index contributed by atoms with van der Waals surface area (Å²) in [5, 5.41) is 13.4. The molecular formula is C23H17ClFNO4S. The minimum Gasteiger partial charge on any atom is -0.507 e. The van der Waals surface area contributed by atoms with Gasteiger partial charge in [-0.05, 0) is 60.3 Å². The van der Waals surface area contributed by atoms with Crippen molar-refractivity contribution in [3.05, 3.63) is 86.3 Å². The maximum atomic E-state index is 14.0. The molecule has 0 saturated carbocycles. The van der Waals surface area contributed by atoms with E-state index in [0.29, 0.717) is 15.6 Å². The molecule has 1 aliphatic rings. The van der Waals surface area contributed by atoms with E-state index in [1.165, 1.54) is 35.5 Å². The van der Waals surface area contributed by atoms with Crippen LogP contribution in [0.2, 0.25) is 5.02 Å². The number of rotatable bonds is 4. The van der Waals surface area contributed by atoms with Crippen molar-refractivity contribution in [1.29, 1.82) is 0 Å². The molecule has 1 unspecified atom stereocenters. The van der Waals surface area contributed by atoms with Crippen molar-refractivity contribution in [2.45, 2.75) is 13.0 Å². The van der Waals surface area contributed by atoms with E-state index in [2.05, 4.69) is 0 Å². The van der Waals surface area contributed by atoms with Crippen LogP contribution in [-0.2, 0) is 9.59 Å². The number of aryl methyl sites for hydroxylation is 1. The van der Waals surface area contributed by atoms with Crippen molar-refractivity contribution in [2.24, 2.45) is 0 Å². The van der Waals surface area contributed by atoms with Crippen molar-refractivity contribution in [3.8, 4) is 5.75 Å². The number of nitrogens with zero attached hydrogens (tertiary/aromatic N) is 1. The van der Waals surface area contributed by atoms with E-state index < -0.39 is 29.3 Å². The summed E-state index contributed by atoms with van der Waals surface area (Å²) in [6, 6.07) is 11.1. The third kappa shape index (κ3) is 3.60. The standard InChI is InChI=1S/C23H17ClFNO4S/c1-12-8-9-31-22(12)19-18(20(27)16-11-14(25)6-7-17(16)30-2)21(28)23(29)26(19)15-5-3-4-13(24)10-15/h3-11,19,27H,1-2H3/b20-18-. The average Bonchev–Trinajstić information content (AvgIpc) is 3.28. The Balaban J connectivity index is 2.00. The topological polar surface area (TPSA) is 66.8 Å². The van der Waals surface area contributed by atoms with Crippen molar-refractivity contribution < 1.29 is 23.8 Å². The van der Waals surface area contributed by atoms with E-state index in [1.54, 1.807) is 24.3 Å². The van der Waals surface area contributed by atoms with Crippen LogP contribution in [0.1, 0.15) is 22.0 Å². The van der Waals surface area contributed by atoms with Crippen LogP contribution in [0.3, 0.4) is 0 Å². The molecule has 3 aromatic rings. The largest absolute Gasteiger partial charge is 0.507 e. The highest BCUT2D eigenvalue weighted by Gasteiger charge is 2.48. The summed E-state index contributed by atoms with van der Waals surface area (Å²) < 4.78 is 19.2. The van der Waals surface area contributed by atoms with Crippen LogP contribution >= 0.6 is 22.9 Å². The SMILES string of the molecule is COc1ccc(F)cc1/C(O)=C1/C(=O)C(=O)N(c2cccc(Cl)c2)C1c1sccc1C. The van der Waals surface area contributed by atoms with Gasteiger partial charge in [-0.25, -0.2) is 4.39 Å². The number of hydrogen-bond donors (Lipinski definition) is 1. The summed E-state index contributed by atoms with van der Waals surface area (Å²) in [5.74, 6) is -2.62. The second-order valence-corrected chi connectivity index (χ2v) is 8.35. The number of benzene rings is 2. The first-order valence-electron chi connectivity index (χ1n) is 9.28. The zero-order chi connectivity index (χ0) is 22.3. The molecular weight excluding hydrogens is 441 g/mol.